The highest BCUT2D eigenvalue weighted by Gasteiger charge is 1.92. The van der Waals surface area contributed by atoms with Crippen LogP contribution in [0.1, 0.15) is 0 Å². The zero-order valence-corrected chi connectivity index (χ0v) is 10.4. The van der Waals surface area contributed by atoms with Crippen molar-refractivity contribution in [1.82, 2.24) is 9.97 Å². The Kier molecular flexibility index (Phi) is 5.21. The van der Waals surface area contributed by atoms with E-state index in [1.54, 1.807) is 18.3 Å². The molecule has 0 atom stereocenters. The van der Waals surface area contributed by atoms with E-state index in [4.69, 9.17) is 0 Å². The maximum atomic E-state index is 12.2. The predicted molar refractivity (Wildman–Crippen MR) is 63.5 cm³/mol. The van der Waals surface area contributed by atoms with E-state index >= 15 is 0 Å². The summed E-state index contributed by atoms with van der Waals surface area (Å²) in [6.45, 7) is 0. The van der Waals surface area contributed by atoms with Crippen LogP contribution in [-0.2, 0) is 0 Å². The summed E-state index contributed by atoms with van der Waals surface area (Å²) in [6, 6.07) is 5.77. The smallest absolute Gasteiger partial charge is 0.157 e. The number of rotatable bonds is 0. The third-order valence-corrected chi connectivity index (χ3v) is 2.38. The molecule has 2 rings (SSSR count). The van der Waals surface area contributed by atoms with E-state index in [1.165, 1.54) is 18.3 Å². The number of nitrogens with one attached hydrogen (secondary N) is 1. The van der Waals surface area contributed by atoms with Gasteiger partial charge in [-0.05, 0) is 40.2 Å². The molecule has 0 radical (unpaired) electrons. The van der Waals surface area contributed by atoms with Crippen LogP contribution >= 0.6 is 28.1 Å². The number of aromatic amines is 1. The number of aromatic nitrogens is 2. The third-order valence-electron chi connectivity index (χ3n) is 1.48. The molecule has 0 aromatic carbocycles. The van der Waals surface area contributed by atoms with Crippen LogP contribution in [0.5, 0.6) is 0 Å². The standard InChI is InChI=1S/C5H3BrFN.C5H4FNS/c6-5-4(7)2-1-3-8-5;6-4-2-1-3-7-5(4)8/h1-3H;1-3H,(H,7,8). The van der Waals surface area contributed by atoms with Crippen LogP contribution in [-0.4, -0.2) is 9.97 Å². The fourth-order valence-corrected chi connectivity index (χ4v) is 1.15. The van der Waals surface area contributed by atoms with Gasteiger partial charge in [0.2, 0.25) is 0 Å². The molecule has 0 saturated heterocycles. The minimum Gasteiger partial charge on any atom is -0.350 e. The number of hydrogen-bond donors (Lipinski definition) is 1. The number of pyridine rings is 2. The first kappa shape index (κ1) is 12.9. The molecular weight excluding hydrogens is 298 g/mol. The molecule has 16 heavy (non-hydrogen) atoms. The number of hydrogen-bond acceptors (Lipinski definition) is 2. The monoisotopic (exact) mass is 304 g/mol. The minimum atomic E-state index is -0.373. The lowest BCUT2D eigenvalue weighted by Crippen LogP contribution is -1.77. The van der Waals surface area contributed by atoms with Gasteiger partial charge in [0.15, 0.2) is 11.6 Å². The van der Waals surface area contributed by atoms with Crippen molar-refractivity contribution in [2.24, 2.45) is 0 Å². The van der Waals surface area contributed by atoms with Crippen molar-refractivity contribution in [2.75, 3.05) is 0 Å². The molecule has 2 nitrogen and oxygen atoms in total. The highest BCUT2D eigenvalue weighted by Crippen LogP contribution is 2.08. The summed E-state index contributed by atoms with van der Waals surface area (Å²) in [7, 11) is 0. The van der Waals surface area contributed by atoms with Crippen LogP contribution in [0.25, 0.3) is 0 Å². The van der Waals surface area contributed by atoms with Crippen LogP contribution in [0.2, 0.25) is 0 Å². The van der Waals surface area contributed by atoms with Crippen molar-refractivity contribution < 1.29 is 8.78 Å². The van der Waals surface area contributed by atoms with E-state index in [9.17, 15) is 8.78 Å². The molecule has 0 spiro atoms. The summed E-state index contributed by atoms with van der Waals surface area (Å²) in [6.07, 6.45) is 3.11. The molecule has 0 saturated carbocycles. The Balaban J connectivity index is 0.000000160. The lowest BCUT2D eigenvalue weighted by molar-refractivity contribution is 0.613. The Hall–Kier alpha value is -1.14. The van der Waals surface area contributed by atoms with E-state index in [2.05, 4.69) is 38.1 Å². The highest BCUT2D eigenvalue weighted by atomic mass is 79.9. The molecular formula is C10H7BrF2N2S. The Bertz CT molecular complexity index is 495. The Labute approximate surface area is 104 Å². The summed E-state index contributed by atoms with van der Waals surface area (Å²) in [5.41, 5.74) is 0. The summed E-state index contributed by atoms with van der Waals surface area (Å²) < 4.78 is 24.8. The van der Waals surface area contributed by atoms with E-state index in [0.717, 1.165) is 0 Å². The maximum Gasteiger partial charge on any atom is 0.157 e. The molecule has 0 fully saturated rings. The molecule has 0 amide bonds. The first-order valence-corrected chi connectivity index (χ1v) is 5.40. The molecule has 84 valence electrons. The highest BCUT2D eigenvalue weighted by molar-refractivity contribution is 9.10. The summed E-state index contributed by atoms with van der Waals surface area (Å²) >= 11 is 7.43. The maximum absolute atomic E-state index is 12.2. The Morgan fingerprint density at radius 1 is 1.19 bits per heavy atom. The molecule has 0 aliphatic heterocycles. The van der Waals surface area contributed by atoms with Gasteiger partial charge < -0.3 is 4.98 Å². The molecule has 0 aliphatic rings. The molecule has 2 heterocycles. The van der Waals surface area contributed by atoms with Gasteiger partial charge in [-0.15, -0.1) is 0 Å². The van der Waals surface area contributed by atoms with Crippen LogP contribution in [0.4, 0.5) is 8.78 Å². The normalized spacial score (nSPS) is 9.19. The van der Waals surface area contributed by atoms with E-state index in [-0.39, 0.29) is 20.9 Å². The summed E-state index contributed by atoms with van der Waals surface area (Å²) in [5, 5.41) is 0. The Morgan fingerprint density at radius 2 is 1.88 bits per heavy atom. The van der Waals surface area contributed by atoms with Gasteiger partial charge in [0.1, 0.15) is 9.24 Å². The van der Waals surface area contributed by atoms with Crippen molar-refractivity contribution >= 4 is 28.1 Å². The Morgan fingerprint density at radius 3 is 2.25 bits per heavy atom. The molecule has 2 aromatic heterocycles. The molecule has 0 bridgehead atoms. The summed E-state index contributed by atoms with van der Waals surface area (Å²) in [4.78, 5) is 6.16. The number of halogens is 3. The first-order chi connectivity index (χ1) is 7.61. The van der Waals surface area contributed by atoms with Gasteiger partial charge in [0.25, 0.3) is 0 Å². The van der Waals surface area contributed by atoms with Crippen molar-refractivity contribution in [3.8, 4) is 0 Å². The SMILES string of the molecule is Fc1ccc[nH]c1=S.Fc1cccnc1Br. The topological polar surface area (TPSA) is 28.7 Å². The summed E-state index contributed by atoms with van der Waals surface area (Å²) in [5.74, 6) is -0.699. The molecule has 1 N–H and O–H groups in total. The van der Waals surface area contributed by atoms with Gasteiger partial charge in [-0.3, -0.25) is 0 Å². The molecule has 0 unspecified atom stereocenters. The van der Waals surface area contributed by atoms with Gasteiger partial charge in [-0.25, -0.2) is 13.8 Å². The van der Waals surface area contributed by atoms with Crippen LogP contribution in [0.3, 0.4) is 0 Å². The molecule has 6 heteroatoms. The largest absolute Gasteiger partial charge is 0.350 e. The van der Waals surface area contributed by atoms with Crippen molar-refractivity contribution in [2.45, 2.75) is 0 Å². The number of nitrogens with zero attached hydrogens (tertiary/aromatic N) is 1. The van der Waals surface area contributed by atoms with Crippen molar-refractivity contribution in [1.29, 1.82) is 0 Å². The van der Waals surface area contributed by atoms with Crippen molar-refractivity contribution in [3.05, 3.63) is 57.5 Å². The molecule has 2 aromatic rings. The van der Waals surface area contributed by atoms with Gasteiger partial charge >= 0.3 is 0 Å². The minimum absolute atomic E-state index is 0.160. The second-order valence-corrected chi connectivity index (χ2v) is 3.78. The number of H-pyrrole nitrogens is 1. The average Bonchev–Trinajstić information content (AvgIpc) is 2.28. The van der Waals surface area contributed by atoms with E-state index < -0.39 is 0 Å². The lowest BCUT2D eigenvalue weighted by Gasteiger charge is -1.86. The van der Waals surface area contributed by atoms with E-state index in [0.29, 0.717) is 0 Å². The third kappa shape index (κ3) is 4.16. The van der Waals surface area contributed by atoms with Crippen LogP contribution in [0.15, 0.2) is 41.3 Å². The zero-order chi connectivity index (χ0) is 12.0. The van der Waals surface area contributed by atoms with Crippen LogP contribution < -0.4 is 0 Å². The lowest BCUT2D eigenvalue weighted by atomic mass is 10.5. The van der Waals surface area contributed by atoms with Crippen LogP contribution in [0, 0.1) is 16.3 Å². The first-order valence-electron chi connectivity index (χ1n) is 4.20. The molecule has 0 aliphatic carbocycles. The van der Waals surface area contributed by atoms with Gasteiger partial charge in [0.05, 0.1) is 0 Å². The average molecular weight is 305 g/mol. The van der Waals surface area contributed by atoms with Gasteiger partial charge in [-0.2, -0.15) is 0 Å². The van der Waals surface area contributed by atoms with Gasteiger partial charge in [0, 0.05) is 12.4 Å². The van der Waals surface area contributed by atoms with Gasteiger partial charge in [-0.1, -0.05) is 12.2 Å². The zero-order valence-electron chi connectivity index (χ0n) is 7.95. The van der Waals surface area contributed by atoms with E-state index in [1.807, 2.05) is 0 Å². The fraction of sp³-hybridized carbons (Fsp3) is 0. The van der Waals surface area contributed by atoms with Crippen molar-refractivity contribution in [3.63, 3.8) is 0 Å². The quantitative estimate of drug-likeness (QED) is 0.591. The second-order valence-electron chi connectivity index (χ2n) is 2.62. The fourth-order valence-electron chi connectivity index (χ4n) is 0.767. The second kappa shape index (κ2) is 6.44. The predicted octanol–water partition coefficient (Wildman–Crippen LogP) is 3.87.